The fraction of sp³-hybridized carbons (Fsp3) is 0.0714. The van der Waals surface area contributed by atoms with E-state index in [9.17, 15) is 4.79 Å². The minimum absolute atomic E-state index is 0.230. The van der Waals surface area contributed by atoms with Crippen molar-refractivity contribution in [2.75, 3.05) is 5.73 Å². The summed E-state index contributed by atoms with van der Waals surface area (Å²) in [6.45, 7) is 0.273. The highest BCUT2D eigenvalue weighted by atomic mass is 16.5. The molecule has 0 aliphatic rings. The van der Waals surface area contributed by atoms with Crippen LogP contribution in [0.1, 0.15) is 16.1 Å². The Morgan fingerprint density at radius 3 is 2.95 bits per heavy atom. The molecule has 3 rings (SSSR count). The van der Waals surface area contributed by atoms with E-state index in [1.807, 2.05) is 24.3 Å². The van der Waals surface area contributed by atoms with Crippen molar-refractivity contribution in [2.45, 2.75) is 6.54 Å². The Bertz CT molecular complexity index is 753. The lowest BCUT2D eigenvalue weighted by molar-refractivity contribution is 0.0948. The summed E-state index contributed by atoms with van der Waals surface area (Å²) in [5, 5.41) is 7.11. The largest absolute Gasteiger partial charge is 0.384 e. The fourth-order valence-electron chi connectivity index (χ4n) is 1.98. The van der Waals surface area contributed by atoms with Gasteiger partial charge in [-0.15, -0.1) is 0 Å². The van der Waals surface area contributed by atoms with Gasteiger partial charge < -0.3 is 15.6 Å². The molecular weight excluding hydrogens is 256 g/mol. The van der Waals surface area contributed by atoms with E-state index in [0.29, 0.717) is 22.7 Å². The maximum Gasteiger partial charge on any atom is 0.252 e. The number of hydrogen-bond donors (Lipinski definition) is 2. The van der Waals surface area contributed by atoms with Crippen LogP contribution in [0.4, 0.5) is 5.82 Å². The van der Waals surface area contributed by atoms with E-state index in [1.54, 1.807) is 12.1 Å². The third-order valence-corrected chi connectivity index (χ3v) is 2.90. The third-order valence-electron chi connectivity index (χ3n) is 2.90. The molecule has 0 fully saturated rings. The van der Waals surface area contributed by atoms with Gasteiger partial charge >= 0.3 is 0 Å². The molecule has 0 unspecified atom stereocenters. The van der Waals surface area contributed by atoms with Gasteiger partial charge in [-0.2, -0.15) is 0 Å². The molecule has 3 N–H and O–H groups in total. The molecular formula is C14H12N4O2. The normalized spacial score (nSPS) is 10.6. The zero-order chi connectivity index (χ0) is 13.9. The van der Waals surface area contributed by atoms with E-state index >= 15 is 0 Å². The van der Waals surface area contributed by atoms with Crippen LogP contribution in [0.15, 0.2) is 47.1 Å². The first-order valence-electron chi connectivity index (χ1n) is 6.07. The lowest BCUT2D eigenvalue weighted by Crippen LogP contribution is -2.23. The lowest BCUT2D eigenvalue weighted by atomic mass is 10.1. The van der Waals surface area contributed by atoms with Gasteiger partial charge in [0.1, 0.15) is 5.82 Å². The van der Waals surface area contributed by atoms with Gasteiger partial charge in [0.15, 0.2) is 5.76 Å². The number of nitrogens with one attached hydrogen (secondary N) is 1. The highest BCUT2D eigenvalue weighted by molar-refractivity contribution is 6.06. The topological polar surface area (TPSA) is 94.0 Å². The summed E-state index contributed by atoms with van der Waals surface area (Å²) in [7, 11) is 0. The Balaban J connectivity index is 1.90. The Kier molecular flexibility index (Phi) is 3.04. The van der Waals surface area contributed by atoms with Crippen molar-refractivity contribution in [2.24, 2.45) is 0 Å². The third kappa shape index (κ3) is 2.31. The van der Waals surface area contributed by atoms with Crippen LogP contribution in [0, 0.1) is 0 Å². The average Bonchev–Trinajstić information content (AvgIpc) is 2.97. The molecule has 0 aliphatic carbocycles. The number of para-hydroxylation sites is 1. The molecule has 1 aromatic carbocycles. The Labute approximate surface area is 114 Å². The molecule has 0 bridgehead atoms. The second-order valence-electron chi connectivity index (χ2n) is 4.27. The van der Waals surface area contributed by atoms with Crippen molar-refractivity contribution in [3.63, 3.8) is 0 Å². The standard InChI is InChI=1S/C14H12N4O2/c15-13-7-11(10-3-1-2-4-12(10)18-13)14(19)16-8-9-5-6-17-20-9/h1-7H,8H2,(H2,15,18)(H,16,19). The van der Waals surface area contributed by atoms with Crippen LogP contribution in [-0.2, 0) is 6.54 Å². The minimum Gasteiger partial charge on any atom is -0.384 e. The Morgan fingerprint density at radius 2 is 2.15 bits per heavy atom. The van der Waals surface area contributed by atoms with E-state index in [0.717, 1.165) is 5.39 Å². The van der Waals surface area contributed by atoms with Crippen molar-refractivity contribution < 1.29 is 9.32 Å². The molecule has 0 saturated carbocycles. The number of carbonyl (C=O) groups is 1. The van der Waals surface area contributed by atoms with E-state index in [4.69, 9.17) is 10.3 Å². The highest BCUT2D eigenvalue weighted by Gasteiger charge is 2.12. The summed E-state index contributed by atoms with van der Waals surface area (Å²) < 4.78 is 4.93. The molecule has 0 atom stereocenters. The zero-order valence-electron chi connectivity index (χ0n) is 10.5. The molecule has 6 heteroatoms. The second-order valence-corrected chi connectivity index (χ2v) is 4.27. The van der Waals surface area contributed by atoms with Crippen molar-refractivity contribution in [3.05, 3.63) is 53.9 Å². The predicted octanol–water partition coefficient (Wildman–Crippen LogP) is 1.74. The van der Waals surface area contributed by atoms with Crippen LogP contribution < -0.4 is 11.1 Å². The van der Waals surface area contributed by atoms with Gasteiger partial charge in [-0.05, 0) is 12.1 Å². The monoisotopic (exact) mass is 268 g/mol. The molecule has 0 saturated heterocycles. The molecule has 0 radical (unpaired) electrons. The van der Waals surface area contributed by atoms with Crippen molar-refractivity contribution >= 4 is 22.6 Å². The van der Waals surface area contributed by atoms with Gasteiger partial charge in [0.25, 0.3) is 5.91 Å². The number of fused-ring (bicyclic) bond motifs is 1. The molecule has 3 aromatic rings. The van der Waals surface area contributed by atoms with E-state index in [-0.39, 0.29) is 12.5 Å². The number of aromatic nitrogens is 2. The average molecular weight is 268 g/mol. The summed E-state index contributed by atoms with van der Waals surface area (Å²) in [6.07, 6.45) is 1.53. The summed E-state index contributed by atoms with van der Waals surface area (Å²) in [6, 6.07) is 10.6. The smallest absolute Gasteiger partial charge is 0.252 e. The summed E-state index contributed by atoms with van der Waals surface area (Å²) in [5.41, 5.74) is 6.92. The molecule has 2 aromatic heterocycles. The highest BCUT2D eigenvalue weighted by Crippen LogP contribution is 2.19. The van der Waals surface area contributed by atoms with Crippen LogP contribution in [-0.4, -0.2) is 16.0 Å². The van der Waals surface area contributed by atoms with Crippen molar-refractivity contribution in [3.8, 4) is 0 Å². The molecule has 2 heterocycles. The Morgan fingerprint density at radius 1 is 1.30 bits per heavy atom. The first-order valence-corrected chi connectivity index (χ1v) is 6.07. The summed E-state index contributed by atoms with van der Waals surface area (Å²) in [4.78, 5) is 16.4. The maximum absolute atomic E-state index is 12.2. The van der Waals surface area contributed by atoms with Gasteiger partial charge in [-0.25, -0.2) is 4.98 Å². The summed E-state index contributed by atoms with van der Waals surface area (Å²) >= 11 is 0. The number of nitrogens with two attached hydrogens (primary N) is 1. The molecule has 0 aliphatic heterocycles. The van der Waals surface area contributed by atoms with Gasteiger partial charge in [-0.3, -0.25) is 4.79 Å². The van der Waals surface area contributed by atoms with E-state index < -0.39 is 0 Å². The molecule has 100 valence electrons. The number of nitrogens with zero attached hydrogens (tertiary/aromatic N) is 2. The molecule has 20 heavy (non-hydrogen) atoms. The quantitative estimate of drug-likeness (QED) is 0.754. The first-order chi connectivity index (χ1) is 9.74. The number of pyridine rings is 1. The van der Waals surface area contributed by atoms with Crippen LogP contribution in [0.3, 0.4) is 0 Å². The van der Waals surface area contributed by atoms with Crippen LogP contribution >= 0.6 is 0 Å². The SMILES string of the molecule is Nc1cc(C(=O)NCc2ccno2)c2ccccc2n1. The number of hydrogen-bond acceptors (Lipinski definition) is 5. The lowest BCUT2D eigenvalue weighted by Gasteiger charge is -2.07. The van der Waals surface area contributed by atoms with Gasteiger partial charge in [0, 0.05) is 11.5 Å². The molecule has 1 amide bonds. The minimum atomic E-state index is -0.230. The number of anilines is 1. The number of nitrogen functional groups attached to an aromatic ring is 1. The van der Waals surface area contributed by atoms with Gasteiger partial charge in [-0.1, -0.05) is 23.4 Å². The van der Waals surface area contributed by atoms with E-state index in [1.165, 1.54) is 6.20 Å². The second kappa shape index (κ2) is 5.00. The fourth-order valence-corrected chi connectivity index (χ4v) is 1.98. The van der Waals surface area contributed by atoms with Crippen LogP contribution in [0.25, 0.3) is 10.9 Å². The summed E-state index contributed by atoms with van der Waals surface area (Å²) in [5.74, 6) is 0.671. The number of amides is 1. The number of rotatable bonds is 3. The van der Waals surface area contributed by atoms with Gasteiger partial charge in [0.05, 0.1) is 23.8 Å². The first kappa shape index (κ1) is 12.2. The number of carbonyl (C=O) groups excluding carboxylic acids is 1. The molecule has 0 spiro atoms. The van der Waals surface area contributed by atoms with Crippen molar-refractivity contribution in [1.29, 1.82) is 0 Å². The number of benzene rings is 1. The van der Waals surface area contributed by atoms with Gasteiger partial charge in [0.2, 0.25) is 0 Å². The van der Waals surface area contributed by atoms with Crippen molar-refractivity contribution in [1.82, 2.24) is 15.5 Å². The van der Waals surface area contributed by atoms with Crippen LogP contribution in [0.5, 0.6) is 0 Å². The maximum atomic E-state index is 12.2. The van der Waals surface area contributed by atoms with E-state index in [2.05, 4.69) is 15.5 Å². The predicted molar refractivity (Wildman–Crippen MR) is 73.8 cm³/mol. The molecule has 6 nitrogen and oxygen atoms in total. The zero-order valence-corrected chi connectivity index (χ0v) is 10.5. The Hall–Kier alpha value is -2.89. The van der Waals surface area contributed by atoms with Crippen LogP contribution in [0.2, 0.25) is 0 Å².